The van der Waals surface area contributed by atoms with Gasteiger partial charge in [-0.2, -0.15) is 0 Å². The number of rotatable bonds is 6. The molecule has 6 nitrogen and oxygen atoms in total. The molecular formula is C10H19N3O3. The Morgan fingerprint density at radius 3 is 2.69 bits per heavy atom. The Labute approximate surface area is 94.8 Å². The largest absolute Gasteiger partial charge is 0.480 e. The molecule has 0 amide bonds. The zero-order valence-electron chi connectivity index (χ0n) is 9.60. The molecular weight excluding hydrogens is 210 g/mol. The maximum Gasteiger partial charge on any atom is 0.323 e. The molecule has 0 heterocycles. The van der Waals surface area contributed by atoms with Crippen molar-refractivity contribution in [2.24, 2.45) is 10.7 Å². The number of hydrogen-bond donors (Lipinski definition) is 4. The maximum absolute atomic E-state index is 10.7. The molecule has 0 radical (unpaired) electrons. The highest BCUT2D eigenvalue weighted by Crippen LogP contribution is 2.09. The lowest BCUT2D eigenvalue weighted by molar-refractivity contribution is -0.142. The Bertz CT molecular complexity index is 285. The van der Waals surface area contributed by atoms with E-state index in [0.717, 1.165) is 0 Å². The molecule has 0 aromatic carbocycles. The molecule has 5 N–H and O–H groups in total. The summed E-state index contributed by atoms with van der Waals surface area (Å²) in [6.07, 6.45) is 4.57. The molecule has 1 atom stereocenters. The van der Waals surface area contributed by atoms with E-state index >= 15 is 0 Å². The standard InChI is InChI=1S/C10H19N3O3/c1-8(13-16)12-7-5-3-4-6-10(2,11)9(14)15/h3,5,16H,4,6-7,11H2,1-2H3,(H,12,13)(H,14,15)/t10-/m0/s1. The van der Waals surface area contributed by atoms with E-state index in [9.17, 15) is 4.79 Å². The fourth-order valence-electron chi connectivity index (χ4n) is 0.907. The van der Waals surface area contributed by atoms with E-state index in [1.807, 2.05) is 11.6 Å². The van der Waals surface area contributed by atoms with Crippen molar-refractivity contribution in [1.29, 1.82) is 0 Å². The first-order chi connectivity index (χ1) is 7.40. The lowest BCUT2D eigenvalue weighted by Gasteiger charge is -2.17. The number of nitrogens with one attached hydrogen (secondary N) is 1. The van der Waals surface area contributed by atoms with Gasteiger partial charge in [-0.05, 0) is 26.7 Å². The second kappa shape index (κ2) is 6.97. The van der Waals surface area contributed by atoms with E-state index < -0.39 is 11.5 Å². The zero-order valence-corrected chi connectivity index (χ0v) is 9.60. The van der Waals surface area contributed by atoms with Gasteiger partial charge in [-0.3, -0.25) is 20.5 Å². The number of aliphatic carboxylic acids is 1. The van der Waals surface area contributed by atoms with Crippen LogP contribution in [0.4, 0.5) is 0 Å². The molecule has 6 heteroatoms. The van der Waals surface area contributed by atoms with E-state index in [2.05, 4.69) is 4.99 Å². The van der Waals surface area contributed by atoms with Gasteiger partial charge in [-0.15, -0.1) is 0 Å². The molecule has 0 saturated heterocycles. The second-order valence-corrected chi connectivity index (χ2v) is 3.77. The van der Waals surface area contributed by atoms with Gasteiger partial charge in [-0.25, -0.2) is 0 Å². The Balaban J connectivity index is 3.83. The quantitative estimate of drug-likeness (QED) is 0.230. The summed E-state index contributed by atoms with van der Waals surface area (Å²) in [6, 6.07) is 0. The van der Waals surface area contributed by atoms with Crippen molar-refractivity contribution in [3.8, 4) is 0 Å². The predicted octanol–water partition coefficient (Wildman–Crippen LogP) is 0.522. The number of hydroxylamine groups is 1. The SMILES string of the molecule is CC(=NCC=CCC[C@](C)(N)C(=O)O)NO. The van der Waals surface area contributed by atoms with Crippen LogP contribution in [-0.2, 0) is 4.79 Å². The van der Waals surface area contributed by atoms with Gasteiger partial charge in [0.1, 0.15) is 11.4 Å². The Hall–Kier alpha value is -1.40. The van der Waals surface area contributed by atoms with Crippen LogP contribution in [0.1, 0.15) is 26.7 Å². The van der Waals surface area contributed by atoms with E-state index in [0.29, 0.717) is 25.2 Å². The second-order valence-electron chi connectivity index (χ2n) is 3.77. The Morgan fingerprint density at radius 1 is 1.56 bits per heavy atom. The zero-order chi connectivity index (χ0) is 12.6. The van der Waals surface area contributed by atoms with E-state index in [4.69, 9.17) is 16.0 Å². The van der Waals surface area contributed by atoms with Gasteiger partial charge in [0, 0.05) is 0 Å². The van der Waals surface area contributed by atoms with E-state index in [-0.39, 0.29) is 0 Å². The molecule has 0 aromatic heterocycles. The molecule has 0 aliphatic heterocycles. The highest BCUT2D eigenvalue weighted by atomic mass is 16.5. The highest BCUT2D eigenvalue weighted by molar-refractivity contribution is 5.78. The number of carboxylic acids is 1. The number of nitrogens with two attached hydrogens (primary N) is 1. The van der Waals surface area contributed by atoms with Crippen molar-refractivity contribution < 1.29 is 15.1 Å². The summed E-state index contributed by atoms with van der Waals surface area (Å²) in [6.45, 7) is 3.56. The van der Waals surface area contributed by atoms with Crippen LogP contribution in [0.5, 0.6) is 0 Å². The van der Waals surface area contributed by atoms with Crippen LogP contribution in [0.2, 0.25) is 0 Å². The monoisotopic (exact) mass is 229 g/mol. The van der Waals surface area contributed by atoms with Crippen LogP contribution in [0.15, 0.2) is 17.1 Å². The summed E-state index contributed by atoms with van der Waals surface area (Å²) in [5, 5.41) is 17.2. The summed E-state index contributed by atoms with van der Waals surface area (Å²) >= 11 is 0. The lowest BCUT2D eigenvalue weighted by Crippen LogP contribution is -2.44. The molecule has 0 unspecified atom stereocenters. The topological polar surface area (TPSA) is 108 Å². The van der Waals surface area contributed by atoms with Gasteiger partial charge < -0.3 is 10.8 Å². The summed E-state index contributed by atoms with van der Waals surface area (Å²) in [5.41, 5.74) is 6.27. The van der Waals surface area contributed by atoms with E-state index in [1.54, 1.807) is 13.0 Å². The Kier molecular flexibility index (Phi) is 6.36. The molecule has 0 aromatic rings. The number of nitrogens with zero attached hydrogens (tertiary/aromatic N) is 1. The van der Waals surface area contributed by atoms with Crippen molar-refractivity contribution in [1.82, 2.24) is 5.48 Å². The summed E-state index contributed by atoms with van der Waals surface area (Å²) in [4.78, 5) is 14.6. The number of aliphatic imine (C=N–C) groups is 1. The molecule has 16 heavy (non-hydrogen) atoms. The molecule has 0 fully saturated rings. The maximum atomic E-state index is 10.7. The fourth-order valence-corrected chi connectivity index (χ4v) is 0.907. The van der Waals surface area contributed by atoms with Crippen LogP contribution in [0.3, 0.4) is 0 Å². The minimum atomic E-state index is -1.18. The molecule has 0 spiro atoms. The van der Waals surface area contributed by atoms with Crippen LogP contribution in [-0.4, -0.2) is 34.2 Å². The number of hydrogen-bond acceptors (Lipinski definition) is 4. The number of carboxylic acid groups (broad SMARTS) is 1. The highest BCUT2D eigenvalue weighted by Gasteiger charge is 2.26. The average Bonchev–Trinajstić information content (AvgIpc) is 2.22. The van der Waals surface area contributed by atoms with Gasteiger partial charge in [-0.1, -0.05) is 12.2 Å². The van der Waals surface area contributed by atoms with Crippen molar-refractivity contribution in [2.75, 3.05) is 6.54 Å². The first kappa shape index (κ1) is 14.6. The normalized spacial score (nSPS) is 16.1. The molecule has 0 aliphatic rings. The van der Waals surface area contributed by atoms with Crippen LogP contribution >= 0.6 is 0 Å². The fraction of sp³-hybridized carbons (Fsp3) is 0.600. The summed E-state index contributed by atoms with van der Waals surface area (Å²) in [5.74, 6) is -0.571. The van der Waals surface area contributed by atoms with E-state index in [1.165, 1.54) is 6.92 Å². The smallest absolute Gasteiger partial charge is 0.323 e. The lowest BCUT2D eigenvalue weighted by atomic mass is 9.97. The Morgan fingerprint density at radius 2 is 2.19 bits per heavy atom. The summed E-state index contributed by atoms with van der Waals surface area (Å²) in [7, 11) is 0. The van der Waals surface area contributed by atoms with Crippen LogP contribution in [0, 0.1) is 0 Å². The van der Waals surface area contributed by atoms with Gasteiger partial charge in [0.2, 0.25) is 0 Å². The molecule has 0 aliphatic carbocycles. The first-order valence-corrected chi connectivity index (χ1v) is 4.98. The third kappa shape index (κ3) is 6.15. The summed E-state index contributed by atoms with van der Waals surface area (Å²) < 4.78 is 0. The molecule has 0 saturated carbocycles. The van der Waals surface area contributed by atoms with Crippen molar-refractivity contribution >= 4 is 11.8 Å². The minimum Gasteiger partial charge on any atom is -0.480 e. The number of amidine groups is 1. The average molecular weight is 229 g/mol. The number of allylic oxidation sites excluding steroid dienone is 1. The predicted molar refractivity (Wildman–Crippen MR) is 61.5 cm³/mol. The van der Waals surface area contributed by atoms with Gasteiger partial charge in [0.15, 0.2) is 0 Å². The van der Waals surface area contributed by atoms with Gasteiger partial charge in [0.05, 0.1) is 6.54 Å². The minimum absolute atomic E-state index is 0.375. The first-order valence-electron chi connectivity index (χ1n) is 4.98. The number of carbonyl (C=O) groups is 1. The third-order valence-electron chi connectivity index (χ3n) is 2.08. The van der Waals surface area contributed by atoms with Crippen LogP contribution in [0.25, 0.3) is 0 Å². The van der Waals surface area contributed by atoms with Crippen molar-refractivity contribution in [3.05, 3.63) is 12.2 Å². The van der Waals surface area contributed by atoms with Gasteiger partial charge >= 0.3 is 5.97 Å². The van der Waals surface area contributed by atoms with Crippen molar-refractivity contribution in [3.63, 3.8) is 0 Å². The van der Waals surface area contributed by atoms with Gasteiger partial charge in [0.25, 0.3) is 0 Å². The molecule has 92 valence electrons. The molecule has 0 rings (SSSR count). The molecule has 0 bridgehead atoms. The van der Waals surface area contributed by atoms with Crippen LogP contribution < -0.4 is 11.2 Å². The third-order valence-corrected chi connectivity index (χ3v) is 2.08. The van der Waals surface area contributed by atoms with Crippen molar-refractivity contribution in [2.45, 2.75) is 32.2 Å².